The van der Waals surface area contributed by atoms with Gasteiger partial charge in [0.05, 0.1) is 27.9 Å². The Morgan fingerprint density at radius 1 is 1.22 bits per heavy atom. The van der Waals surface area contributed by atoms with Crippen LogP contribution in [0.4, 0.5) is 13.2 Å². The molecule has 0 fully saturated rings. The van der Waals surface area contributed by atoms with Gasteiger partial charge < -0.3 is 0 Å². The van der Waals surface area contributed by atoms with E-state index >= 15 is 0 Å². The number of fused-ring (bicyclic) bond motifs is 1. The summed E-state index contributed by atoms with van der Waals surface area (Å²) in [4.78, 5) is 20.7. The summed E-state index contributed by atoms with van der Waals surface area (Å²) in [5.41, 5.74) is 0.465. The molecule has 0 unspecified atom stereocenters. The van der Waals surface area contributed by atoms with Crippen LogP contribution in [0.5, 0.6) is 0 Å². The van der Waals surface area contributed by atoms with Crippen LogP contribution in [0.25, 0.3) is 10.9 Å². The Balaban J connectivity index is 2.00. The van der Waals surface area contributed by atoms with E-state index < -0.39 is 23.4 Å². The van der Waals surface area contributed by atoms with Crippen molar-refractivity contribution in [1.29, 1.82) is 5.26 Å². The molecule has 0 saturated carbocycles. The van der Waals surface area contributed by atoms with Gasteiger partial charge in [-0.25, -0.2) is 0 Å². The Morgan fingerprint density at radius 2 is 1.96 bits per heavy atom. The van der Waals surface area contributed by atoms with Crippen LogP contribution < -0.4 is 0 Å². The molecule has 0 aliphatic rings. The van der Waals surface area contributed by atoms with Gasteiger partial charge in [0.15, 0.2) is 11.7 Å². The number of Topliss-reactive ketones (excluding diaryl/α,β-unsaturated/α-hetero) is 1. The maximum Gasteiger partial charge on any atom is 0.417 e. The highest BCUT2D eigenvalue weighted by atomic mass is 35.5. The molecule has 0 amide bonds. The van der Waals surface area contributed by atoms with Crippen LogP contribution in [-0.4, -0.2) is 15.8 Å². The summed E-state index contributed by atoms with van der Waals surface area (Å²) in [6.07, 6.45) is -4.06. The first kappa shape index (κ1) is 18.8. The van der Waals surface area contributed by atoms with Crippen LogP contribution in [0.2, 0.25) is 5.02 Å². The molecule has 8 heteroatoms. The predicted octanol–water partition coefficient (Wildman–Crippen LogP) is 5.10. The topological polar surface area (TPSA) is 66.6 Å². The Kier molecular flexibility index (Phi) is 4.85. The second-order valence-electron chi connectivity index (χ2n) is 5.88. The van der Waals surface area contributed by atoms with Gasteiger partial charge in [-0.2, -0.15) is 18.4 Å². The molecule has 2 aromatic heterocycles. The number of carbonyl (C=O) groups is 1. The number of pyridine rings is 2. The first-order chi connectivity index (χ1) is 12.7. The molecule has 1 aromatic carbocycles. The van der Waals surface area contributed by atoms with Crippen molar-refractivity contribution in [3.8, 4) is 6.07 Å². The van der Waals surface area contributed by atoms with Gasteiger partial charge in [-0.15, -0.1) is 0 Å². The minimum atomic E-state index is -4.62. The van der Waals surface area contributed by atoms with E-state index in [-0.39, 0.29) is 16.3 Å². The zero-order valence-corrected chi connectivity index (χ0v) is 14.6. The minimum Gasteiger partial charge on any atom is -0.292 e. The van der Waals surface area contributed by atoms with Gasteiger partial charge in [0, 0.05) is 22.8 Å². The zero-order valence-electron chi connectivity index (χ0n) is 13.9. The summed E-state index contributed by atoms with van der Waals surface area (Å²) >= 11 is 5.88. The second-order valence-corrected chi connectivity index (χ2v) is 6.28. The van der Waals surface area contributed by atoms with E-state index in [1.165, 1.54) is 6.07 Å². The molecular formula is C19H11ClF3N3O. The highest BCUT2D eigenvalue weighted by molar-refractivity contribution is 6.31. The first-order valence-corrected chi connectivity index (χ1v) is 8.12. The van der Waals surface area contributed by atoms with Gasteiger partial charge in [-0.1, -0.05) is 17.7 Å². The Hall–Kier alpha value is -2.98. The molecule has 136 valence electrons. The molecule has 0 bridgehead atoms. The lowest BCUT2D eigenvalue weighted by Crippen LogP contribution is -2.15. The van der Waals surface area contributed by atoms with Gasteiger partial charge in [0.1, 0.15) is 0 Å². The molecule has 0 radical (unpaired) electrons. The van der Waals surface area contributed by atoms with Crippen LogP contribution >= 0.6 is 11.6 Å². The van der Waals surface area contributed by atoms with Gasteiger partial charge in [0.25, 0.3) is 0 Å². The number of carbonyl (C=O) groups excluding carboxylic acids is 1. The lowest BCUT2D eigenvalue weighted by molar-refractivity contribution is -0.137. The standard InChI is InChI=1S/C19H11ClF3N3O/c1-10-2-3-11-6-12(4-5-16(11)26-10)18(27)14(8-24)17-15(20)7-13(9-25-17)19(21,22)23/h2-7,9,14H,1H3/t14-/m0/s1. The van der Waals surface area contributed by atoms with E-state index in [1.807, 2.05) is 6.92 Å². The minimum absolute atomic E-state index is 0.209. The predicted molar refractivity (Wildman–Crippen MR) is 93.4 cm³/mol. The number of aromatic nitrogens is 2. The van der Waals surface area contributed by atoms with Crippen molar-refractivity contribution in [2.45, 2.75) is 19.0 Å². The van der Waals surface area contributed by atoms with E-state index in [0.29, 0.717) is 23.2 Å². The molecule has 3 aromatic rings. The molecule has 3 rings (SSSR count). The Morgan fingerprint density at radius 3 is 2.59 bits per heavy atom. The van der Waals surface area contributed by atoms with Crippen LogP contribution in [0.15, 0.2) is 42.6 Å². The fourth-order valence-electron chi connectivity index (χ4n) is 2.61. The fraction of sp³-hybridized carbons (Fsp3) is 0.158. The molecule has 0 spiro atoms. The van der Waals surface area contributed by atoms with Gasteiger partial charge in [0.2, 0.25) is 0 Å². The number of aryl methyl sites for hydroxylation is 1. The summed E-state index contributed by atoms with van der Waals surface area (Å²) in [6, 6.07) is 10.7. The Labute approximate surface area is 157 Å². The average molecular weight is 390 g/mol. The van der Waals surface area contributed by atoms with Crippen molar-refractivity contribution >= 4 is 28.3 Å². The van der Waals surface area contributed by atoms with Crippen molar-refractivity contribution in [3.05, 3.63) is 70.1 Å². The number of hydrogen-bond acceptors (Lipinski definition) is 4. The van der Waals surface area contributed by atoms with Crippen LogP contribution in [0, 0.1) is 18.3 Å². The van der Waals surface area contributed by atoms with E-state index in [2.05, 4.69) is 9.97 Å². The maximum absolute atomic E-state index is 12.8. The molecule has 1 atom stereocenters. The number of alkyl halides is 3. The lowest BCUT2D eigenvalue weighted by Gasteiger charge is -2.12. The summed E-state index contributed by atoms with van der Waals surface area (Å²) in [5.74, 6) is -2.02. The van der Waals surface area contributed by atoms with E-state index in [4.69, 9.17) is 11.6 Å². The van der Waals surface area contributed by atoms with E-state index in [1.54, 1.807) is 30.3 Å². The smallest absolute Gasteiger partial charge is 0.292 e. The van der Waals surface area contributed by atoms with Crippen molar-refractivity contribution < 1.29 is 18.0 Å². The summed E-state index contributed by atoms with van der Waals surface area (Å²) in [5, 5.41) is 9.73. The highest BCUT2D eigenvalue weighted by Crippen LogP contribution is 2.33. The van der Waals surface area contributed by atoms with Gasteiger partial charge >= 0.3 is 6.18 Å². The quantitative estimate of drug-likeness (QED) is 0.584. The molecule has 0 aliphatic carbocycles. The van der Waals surface area contributed by atoms with Crippen molar-refractivity contribution in [2.75, 3.05) is 0 Å². The van der Waals surface area contributed by atoms with Crippen LogP contribution in [0.1, 0.15) is 33.2 Å². The summed E-state index contributed by atoms with van der Waals surface area (Å²) in [7, 11) is 0. The van der Waals surface area contributed by atoms with Crippen molar-refractivity contribution in [1.82, 2.24) is 9.97 Å². The number of hydrogen-bond donors (Lipinski definition) is 0. The van der Waals surface area contributed by atoms with Gasteiger partial charge in [-0.05, 0) is 37.3 Å². The molecule has 4 nitrogen and oxygen atoms in total. The largest absolute Gasteiger partial charge is 0.417 e. The third kappa shape index (κ3) is 3.76. The first-order valence-electron chi connectivity index (χ1n) is 7.74. The number of halogens is 4. The lowest BCUT2D eigenvalue weighted by atomic mass is 9.94. The van der Waals surface area contributed by atoms with Gasteiger partial charge in [-0.3, -0.25) is 14.8 Å². The van der Waals surface area contributed by atoms with Crippen molar-refractivity contribution in [3.63, 3.8) is 0 Å². The molecule has 0 aliphatic heterocycles. The molecule has 2 heterocycles. The van der Waals surface area contributed by atoms with Crippen LogP contribution in [0.3, 0.4) is 0 Å². The van der Waals surface area contributed by atoms with Crippen LogP contribution in [-0.2, 0) is 6.18 Å². The third-order valence-electron chi connectivity index (χ3n) is 3.97. The number of rotatable bonds is 3. The number of nitriles is 1. The second kappa shape index (κ2) is 6.97. The number of nitrogens with zero attached hydrogens (tertiary/aromatic N) is 3. The third-order valence-corrected chi connectivity index (χ3v) is 4.28. The number of ketones is 1. The van der Waals surface area contributed by atoms with E-state index in [9.17, 15) is 23.2 Å². The summed E-state index contributed by atoms with van der Waals surface area (Å²) < 4.78 is 38.2. The molecule has 0 N–H and O–H groups in total. The highest BCUT2D eigenvalue weighted by Gasteiger charge is 2.33. The van der Waals surface area contributed by atoms with Crippen molar-refractivity contribution in [2.24, 2.45) is 0 Å². The summed E-state index contributed by atoms with van der Waals surface area (Å²) in [6.45, 7) is 1.84. The molecule has 27 heavy (non-hydrogen) atoms. The zero-order chi connectivity index (χ0) is 19.8. The maximum atomic E-state index is 12.8. The molecular weight excluding hydrogens is 379 g/mol. The molecule has 0 saturated heterocycles. The SMILES string of the molecule is Cc1ccc2cc(C(=O)[C@@H](C#N)c3ncc(C(F)(F)F)cc3Cl)ccc2n1. The fourth-order valence-corrected chi connectivity index (χ4v) is 2.88. The average Bonchev–Trinajstić information content (AvgIpc) is 2.62. The monoisotopic (exact) mass is 389 g/mol. The Bertz CT molecular complexity index is 1090. The van der Waals surface area contributed by atoms with E-state index in [0.717, 1.165) is 5.69 Å². The number of benzene rings is 1. The normalized spacial score (nSPS) is 12.6.